The second kappa shape index (κ2) is 7.34. The van der Waals surface area contributed by atoms with Gasteiger partial charge in [-0.25, -0.2) is 5.48 Å². The number of hydroxylamine groups is 1. The molecule has 0 spiro atoms. The number of amides is 2. The average Bonchev–Trinajstić information content (AvgIpc) is 2.36. The molecule has 0 saturated carbocycles. The van der Waals surface area contributed by atoms with Crippen LogP contribution in [0.1, 0.15) is 0 Å². The van der Waals surface area contributed by atoms with Crippen LogP contribution in [0, 0.1) is 10.1 Å². The summed E-state index contributed by atoms with van der Waals surface area (Å²) in [4.78, 5) is 36.7. The van der Waals surface area contributed by atoms with E-state index in [-0.39, 0.29) is 11.4 Å². The molecule has 19 heavy (non-hydrogen) atoms. The van der Waals surface area contributed by atoms with Crippen LogP contribution in [-0.2, 0) is 14.4 Å². The standard InChI is InChI=1S/C10H11N3O5S/c11-9(14)5-18-12-10(15)6-19-8-3-1-7(2-4-8)13(16)17/h1-4H,5-6H2,(H2,11,14)(H,12,15). The fourth-order valence-corrected chi connectivity index (χ4v) is 1.72. The monoisotopic (exact) mass is 285 g/mol. The lowest BCUT2D eigenvalue weighted by Gasteiger charge is -2.04. The number of thioether (sulfide) groups is 1. The van der Waals surface area contributed by atoms with Crippen LogP contribution in [-0.4, -0.2) is 29.1 Å². The Bertz CT molecular complexity index is 477. The molecule has 0 unspecified atom stereocenters. The van der Waals surface area contributed by atoms with E-state index >= 15 is 0 Å². The Kier molecular flexibility index (Phi) is 5.76. The lowest BCUT2D eigenvalue weighted by Crippen LogP contribution is -2.30. The van der Waals surface area contributed by atoms with Crippen molar-refractivity contribution < 1.29 is 19.3 Å². The largest absolute Gasteiger partial charge is 0.368 e. The second-order valence-electron chi connectivity index (χ2n) is 3.32. The maximum absolute atomic E-state index is 11.3. The van der Waals surface area contributed by atoms with Crippen molar-refractivity contribution in [2.75, 3.05) is 12.4 Å². The van der Waals surface area contributed by atoms with Crippen LogP contribution in [0.4, 0.5) is 5.69 Å². The van der Waals surface area contributed by atoms with E-state index < -0.39 is 23.3 Å². The molecule has 2 amide bonds. The fourth-order valence-electron chi connectivity index (χ4n) is 1.03. The Morgan fingerprint density at radius 1 is 1.37 bits per heavy atom. The third-order valence-electron chi connectivity index (χ3n) is 1.82. The van der Waals surface area contributed by atoms with Gasteiger partial charge >= 0.3 is 0 Å². The van der Waals surface area contributed by atoms with Crippen LogP contribution in [0.5, 0.6) is 0 Å². The van der Waals surface area contributed by atoms with Gasteiger partial charge in [-0.05, 0) is 12.1 Å². The predicted octanol–water partition coefficient (Wildman–Crippen LogP) is 0.220. The lowest BCUT2D eigenvalue weighted by molar-refractivity contribution is -0.384. The molecule has 3 N–H and O–H groups in total. The highest BCUT2D eigenvalue weighted by atomic mass is 32.2. The van der Waals surface area contributed by atoms with Gasteiger partial charge in [0.1, 0.15) is 0 Å². The van der Waals surface area contributed by atoms with Gasteiger partial charge in [-0.15, -0.1) is 11.8 Å². The molecule has 0 aliphatic rings. The first-order valence-electron chi connectivity index (χ1n) is 5.05. The van der Waals surface area contributed by atoms with E-state index in [1.165, 1.54) is 23.9 Å². The summed E-state index contributed by atoms with van der Waals surface area (Å²) in [5.41, 5.74) is 6.84. The third-order valence-corrected chi connectivity index (χ3v) is 2.83. The van der Waals surface area contributed by atoms with E-state index in [1.54, 1.807) is 12.1 Å². The molecule has 0 aromatic heterocycles. The topological polar surface area (TPSA) is 125 Å². The first-order chi connectivity index (χ1) is 8.99. The van der Waals surface area contributed by atoms with E-state index in [4.69, 9.17) is 5.73 Å². The number of hydrogen-bond acceptors (Lipinski definition) is 6. The first-order valence-corrected chi connectivity index (χ1v) is 6.04. The van der Waals surface area contributed by atoms with Crippen LogP contribution in [0.25, 0.3) is 0 Å². The molecule has 0 aliphatic carbocycles. The van der Waals surface area contributed by atoms with E-state index in [2.05, 4.69) is 4.84 Å². The van der Waals surface area contributed by atoms with Crippen molar-refractivity contribution in [2.45, 2.75) is 4.90 Å². The summed E-state index contributed by atoms with van der Waals surface area (Å²) in [6, 6.07) is 5.79. The van der Waals surface area contributed by atoms with E-state index in [1.807, 2.05) is 5.48 Å². The van der Waals surface area contributed by atoms with E-state index in [0.29, 0.717) is 4.90 Å². The first kappa shape index (κ1) is 14.9. The van der Waals surface area contributed by atoms with Crippen molar-refractivity contribution in [1.29, 1.82) is 0 Å². The van der Waals surface area contributed by atoms with Gasteiger partial charge in [-0.1, -0.05) is 0 Å². The highest BCUT2D eigenvalue weighted by molar-refractivity contribution is 8.00. The van der Waals surface area contributed by atoms with E-state index in [0.717, 1.165) is 0 Å². The van der Waals surface area contributed by atoms with Crippen molar-refractivity contribution in [3.63, 3.8) is 0 Å². The zero-order valence-corrected chi connectivity index (χ0v) is 10.5. The predicted molar refractivity (Wildman–Crippen MR) is 67.1 cm³/mol. The number of primary amides is 1. The molecule has 102 valence electrons. The van der Waals surface area contributed by atoms with Gasteiger partial charge in [-0.3, -0.25) is 24.5 Å². The number of nitro benzene ring substituents is 1. The van der Waals surface area contributed by atoms with Crippen molar-refractivity contribution >= 4 is 29.3 Å². The Hall–Kier alpha value is -2.13. The minimum Gasteiger partial charge on any atom is -0.368 e. The Morgan fingerprint density at radius 3 is 2.53 bits per heavy atom. The van der Waals surface area contributed by atoms with Gasteiger partial charge in [0, 0.05) is 17.0 Å². The molecule has 0 bridgehead atoms. The van der Waals surface area contributed by atoms with Crippen LogP contribution in [0.15, 0.2) is 29.2 Å². The van der Waals surface area contributed by atoms with E-state index in [9.17, 15) is 19.7 Å². The summed E-state index contributed by atoms with van der Waals surface area (Å²) in [5.74, 6) is -1.08. The summed E-state index contributed by atoms with van der Waals surface area (Å²) in [7, 11) is 0. The number of hydrogen-bond donors (Lipinski definition) is 2. The average molecular weight is 285 g/mol. The zero-order valence-electron chi connectivity index (χ0n) is 9.70. The van der Waals surface area contributed by atoms with Gasteiger partial charge in [0.05, 0.1) is 10.7 Å². The molecular formula is C10H11N3O5S. The van der Waals surface area contributed by atoms with Gasteiger partial charge in [-0.2, -0.15) is 0 Å². The molecule has 8 nitrogen and oxygen atoms in total. The van der Waals surface area contributed by atoms with Crippen molar-refractivity contribution in [3.05, 3.63) is 34.4 Å². The van der Waals surface area contributed by atoms with Gasteiger partial charge < -0.3 is 5.73 Å². The molecule has 0 radical (unpaired) electrons. The molecule has 0 saturated heterocycles. The molecule has 1 rings (SSSR count). The lowest BCUT2D eigenvalue weighted by atomic mass is 10.3. The molecule has 0 fully saturated rings. The number of nitrogens with zero attached hydrogens (tertiary/aromatic N) is 1. The van der Waals surface area contributed by atoms with Crippen LogP contribution in [0.2, 0.25) is 0 Å². The summed E-state index contributed by atoms with van der Waals surface area (Å²) in [5, 5.41) is 10.4. The number of nitrogens with two attached hydrogens (primary N) is 1. The van der Waals surface area contributed by atoms with Gasteiger partial charge in [0.2, 0.25) is 5.91 Å². The Balaban J connectivity index is 2.33. The van der Waals surface area contributed by atoms with Crippen molar-refractivity contribution in [3.8, 4) is 0 Å². The Morgan fingerprint density at radius 2 is 2.00 bits per heavy atom. The van der Waals surface area contributed by atoms with Crippen molar-refractivity contribution in [1.82, 2.24) is 5.48 Å². The highest BCUT2D eigenvalue weighted by Crippen LogP contribution is 2.20. The number of rotatable bonds is 7. The molecule has 0 aliphatic heterocycles. The zero-order chi connectivity index (χ0) is 14.3. The molecule has 0 heterocycles. The highest BCUT2D eigenvalue weighted by Gasteiger charge is 2.06. The minimum atomic E-state index is -0.691. The van der Waals surface area contributed by atoms with Gasteiger partial charge in [0.25, 0.3) is 11.6 Å². The van der Waals surface area contributed by atoms with Crippen LogP contribution >= 0.6 is 11.8 Å². The molecule has 1 aromatic rings. The normalized spacial score (nSPS) is 9.89. The molecule has 0 atom stereocenters. The smallest absolute Gasteiger partial charge is 0.269 e. The maximum Gasteiger partial charge on any atom is 0.269 e. The SMILES string of the molecule is NC(=O)CONC(=O)CSc1ccc([N+](=O)[O-])cc1. The maximum atomic E-state index is 11.3. The summed E-state index contributed by atoms with van der Waals surface area (Å²) < 4.78 is 0. The second-order valence-corrected chi connectivity index (χ2v) is 4.37. The quantitative estimate of drug-likeness (QED) is 0.419. The summed E-state index contributed by atoms with van der Waals surface area (Å²) >= 11 is 1.18. The number of benzene rings is 1. The third kappa shape index (κ3) is 5.84. The van der Waals surface area contributed by atoms with Crippen LogP contribution in [0.3, 0.4) is 0 Å². The number of carbonyl (C=O) groups is 2. The molecular weight excluding hydrogens is 274 g/mol. The van der Waals surface area contributed by atoms with Crippen LogP contribution < -0.4 is 11.2 Å². The Labute approximate surface area is 112 Å². The number of nitrogens with one attached hydrogen (secondary N) is 1. The summed E-state index contributed by atoms with van der Waals surface area (Å²) in [6.07, 6.45) is 0. The number of carbonyl (C=O) groups excluding carboxylic acids is 2. The number of nitro groups is 1. The number of non-ortho nitro benzene ring substituents is 1. The minimum absolute atomic E-state index is 0.0152. The molecule has 9 heteroatoms. The molecule has 1 aromatic carbocycles. The fraction of sp³-hybridized carbons (Fsp3) is 0.200. The van der Waals surface area contributed by atoms with Crippen molar-refractivity contribution in [2.24, 2.45) is 5.73 Å². The summed E-state index contributed by atoms with van der Waals surface area (Å²) in [6.45, 7) is -0.395. The van der Waals surface area contributed by atoms with Gasteiger partial charge in [0.15, 0.2) is 6.61 Å².